The lowest BCUT2D eigenvalue weighted by Crippen LogP contribution is -2.44. The lowest BCUT2D eigenvalue weighted by Gasteiger charge is -2.28. The van der Waals surface area contributed by atoms with E-state index >= 15 is 0 Å². The van der Waals surface area contributed by atoms with Crippen LogP contribution < -0.4 is 0 Å². The summed E-state index contributed by atoms with van der Waals surface area (Å²) in [6.07, 6.45) is 2.32. The maximum absolute atomic E-state index is 12.5. The minimum Gasteiger partial charge on any atom is -0.467 e. The molecule has 0 saturated carbocycles. The van der Waals surface area contributed by atoms with Crippen molar-refractivity contribution in [3.63, 3.8) is 0 Å². The zero-order chi connectivity index (χ0) is 17.3. The van der Waals surface area contributed by atoms with Gasteiger partial charge in [-0.2, -0.15) is 5.10 Å². The second kappa shape index (κ2) is 6.39. The predicted octanol–water partition coefficient (Wildman–Crippen LogP) is 0.403. The van der Waals surface area contributed by atoms with Crippen LogP contribution in [-0.4, -0.2) is 60.4 Å². The zero-order valence-corrected chi connectivity index (χ0v) is 14.2. The maximum Gasteiger partial charge on any atom is 0.270 e. The molecule has 1 aromatic heterocycles. The first-order valence-electron chi connectivity index (χ1n) is 7.73. The van der Waals surface area contributed by atoms with Crippen molar-refractivity contribution in [1.82, 2.24) is 9.91 Å². The fraction of sp³-hybridized carbons (Fsp3) is 0.533. The second-order valence-electron chi connectivity index (χ2n) is 6.08. The third kappa shape index (κ3) is 3.50. The van der Waals surface area contributed by atoms with Crippen molar-refractivity contribution in [3.8, 4) is 0 Å². The molecule has 1 saturated heterocycles. The first-order chi connectivity index (χ1) is 11.4. The van der Waals surface area contributed by atoms with E-state index in [1.165, 1.54) is 16.2 Å². The standard InChI is InChI=1S/C15H19N3O5S/c1-17(9-12-3-2-7-23-12)15(20)13-4-5-14(19)18(16-13)11-6-8-24(21,22)10-11/h2-3,7,11H,4-6,8-10H2,1H3/t11-/m1/s1. The normalized spacial score (nSPS) is 23.2. The van der Waals surface area contributed by atoms with Gasteiger partial charge in [-0.1, -0.05) is 0 Å². The highest BCUT2D eigenvalue weighted by Gasteiger charge is 2.37. The van der Waals surface area contributed by atoms with Crippen LogP contribution in [0.2, 0.25) is 0 Å². The van der Waals surface area contributed by atoms with Crippen LogP contribution in [-0.2, 0) is 26.0 Å². The summed E-state index contributed by atoms with van der Waals surface area (Å²) in [5, 5.41) is 5.37. The number of hydrogen-bond acceptors (Lipinski definition) is 6. The molecule has 0 N–H and O–H groups in total. The van der Waals surface area contributed by atoms with E-state index in [-0.39, 0.29) is 41.9 Å². The Bertz CT molecular complexity index is 769. The number of amides is 2. The van der Waals surface area contributed by atoms with Crippen molar-refractivity contribution in [2.75, 3.05) is 18.6 Å². The zero-order valence-electron chi connectivity index (χ0n) is 13.3. The Labute approximate surface area is 140 Å². The molecule has 3 heterocycles. The fourth-order valence-electron chi connectivity index (χ4n) is 2.91. The minimum atomic E-state index is -3.13. The van der Waals surface area contributed by atoms with E-state index in [4.69, 9.17) is 4.42 Å². The van der Waals surface area contributed by atoms with Crippen LogP contribution >= 0.6 is 0 Å². The van der Waals surface area contributed by atoms with E-state index in [0.29, 0.717) is 18.7 Å². The molecule has 9 heteroatoms. The molecule has 0 unspecified atom stereocenters. The van der Waals surface area contributed by atoms with E-state index < -0.39 is 15.9 Å². The number of carbonyl (C=O) groups excluding carboxylic acids is 2. The Morgan fingerprint density at radius 3 is 2.88 bits per heavy atom. The molecule has 0 radical (unpaired) electrons. The van der Waals surface area contributed by atoms with E-state index in [9.17, 15) is 18.0 Å². The van der Waals surface area contributed by atoms with Crippen molar-refractivity contribution >= 4 is 27.4 Å². The van der Waals surface area contributed by atoms with Gasteiger partial charge in [0.1, 0.15) is 11.5 Å². The van der Waals surface area contributed by atoms with Gasteiger partial charge in [-0.15, -0.1) is 0 Å². The second-order valence-corrected chi connectivity index (χ2v) is 8.31. The van der Waals surface area contributed by atoms with Gasteiger partial charge in [0.05, 0.1) is 30.4 Å². The average Bonchev–Trinajstić information content (AvgIpc) is 3.16. The van der Waals surface area contributed by atoms with Crippen molar-refractivity contribution in [1.29, 1.82) is 0 Å². The van der Waals surface area contributed by atoms with Gasteiger partial charge in [0.2, 0.25) is 5.91 Å². The van der Waals surface area contributed by atoms with Gasteiger partial charge in [0, 0.05) is 19.9 Å². The molecule has 1 fully saturated rings. The summed E-state index contributed by atoms with van der Waals surface area (Å²) in [6.45, 7) is 0.302. The SMILES string of the molecule is CN(Cc1ccco1)C(=O)C1=NN([C@@H]2CCS(=O)(=O)C2)C(=O)CC1. The first-order valence-corrected chi connectivity index (χ1v) is 9.56. The van der Waals surface area contributed by atoms with Crippen LogP contribution in [0.3, 0.4) is 0 Å². The van der Waals surface area contributed by atoms with Gasteiger partial charge in [0.15, 0.2) is 9.84 Å². The van der Waals surface area contributed by atoms with Gasteiger partial charge < -0.3 is 9.32 Å². The van der Waals surface area contributed by atoms with E-state index in [1.807, 2.05) is 0 Å². The number of hydrogen-bond donors (Lipinski definition) is 0. The smallest absolute Gasteiger partial charge is 0.270 e. The lowest BCUT2D eigenvalue weighted by molar-refractivity contribution is -0.134. The highest BCUT2D eigenvalue weighted by Crippen LogP contribution is 2.22. The number of nitrogens with zero attached hydrogens (tertiary/aromatic N) is 3. The van der Waals surface area contributed by atoms with Crippen LogP contribution in [0.15, 0.2) is 27.9 Å². The molecule has 1 atom stereocenters. The molecule has 2 amide bonds. The molecule has 2 aliphatic heterocycles. The average molecular weight is 353 g/mol. The van der Waals surface area contributed by atoms with Crippen molar-refractivity contribution in [2.45, 2.75) is 31.8 Å². The molecule has 0 bridgehead atoms. The molecule has 130 valence electrons. The fourth-order valence-corrected chi connectivity index (χ4v) is 4.60. The summed E-state index contributed by atoms with van der Waals surface area (Å²) in [6, 6.07) is 3.04. The molecule has 0 aromatic carbocycles. The maximum atomic E-state index is 12.5. The topological polar surface area (TPSA) is 100 Å². The van der Waals surface area contributed by atoms with Crippen LogP contribution in [0.4, 0.5) is 0 Å². The highest BCUT2D eigenvalue weighted by molar-refractivity contribution is 7.91. The summed E-state index contributed by atoms with van der Waals surface area (Å²) >= 11 is 0. The van der Waals surface area contributed by atoms with Gasteiger partial charge >= 0.3 is 0 Å². The van der Waals surface area contributed by atoms with Gasteiger partial charge in [0.25, 0.3) is 5.91 Å². The van der Waals surface area contributed by atoms with E-state index in [1.54, 1.807) is 19.2 Å². The van der Waals surface area contributed by atoms with Gasteiger partial charge in [-0.05, 0) is 18.6 Å². The number of carbonyl (C=O) groups is 2. The lowest BCUT2D eigenvalue weighted by atomic mass is 10.1. The molecule has 0 aliphatic carbocycles. The van der Waals surface area contributed by atoms with Crippen molar-refractivity contribution in [2.24, 2.45) is 5.10 Å². The Morgan fingerprint density at radius 2 is 2.25 bits per heavy atom. The molecule has 0 spiro atoms. The van der Waals surface area contributed by atoms with Gasteiger partial charge in [-0.3, -0.25) is 9.59 Å². The summed E-state index contributed by atoms with van der Waals surface area (Å²) in [7, 11) is -1.49. The third-order valence-corrected chi connectivity index (χ3v) is 5.93. The Morgan fingerprint density at radius 1 is 1.46 bits per heavy atom. The minimum absolute atomic E-state index is 0.0542. The molecule has 8 nitrogen and oxygen atoms in total. The number of hydrazone groups is 1. The molecule has 1 aromatic rings. The van der Waals surface area contributed by atoms with Gasteiger partial charge in [-0.25, -0.2) is 13.4 Å². The van der Waals surface area contributed by atoms with Crippen LogP contribution in [0, 0.1) is 0 Å². The number of furan rings is 1. The summed E-state index contributed by atoms with van der Waals surface area (Å²) in [5.74, 6) is 0.0917. The van der Waals surface area contributed by atoms with Crippen molar-refractivity contribution < 1.29 is 22.4 Å². The Hall–Kier alpha value is -2.16. The summed E-state index contributed by atoms with van der Waals surface area (Å²) in [4.78, 5) is 26.1. The highest BCUT2D eigenvalue weighted by atomic mass is 32.2. The van der Waals surface area contributed by atoms with Crippen LogP contribution in [0.25, 0.3) is 0 Å². The largest absolute Gasteiger partial charge is 0.467 e. The molecule has 24 heavy (non-hydrogen) atoms. The van der Waals surface area contributed by atoms with Crippen LogP contribution in [0.5, 0.6) is 0 Å². The number of sulfone groups is 1. The summed E-state index contributed by atoms with van der Waals surface area (Å²) < 4.78 is 28.5. The van der Waals surface area contributed by atoms with Crippen molar-refractivity contribution in [3.05, 3.63) is 24.2 Å². The molecular formula is C15H19N3O5S. The molecular weight excluding hydrogens is 334 g/mol. The quantitative estimate of drug-likeness (QED) is 0.780. The Balaban J connectivity index is 1.73. The molecule has 2 aliphatic rings. The third-order valence-electron chi connectivity index (χ3n) is 4.18. The monoisotopic (exact) mass is 353 g/mol. The Kier molecular flexibility index (Phi) is 4.44. The first kappa shape index (κ1) is 16.7. The number of rotatable bonds is 4. The van der Waals surface area contributed by atoms with E-state index in [2.05, 4.69) is 5.10 Å². The van der Waals surface area contributed by atoms with E-state index in [0.717, 1.165) is 0 Å². The van der Waals surface area contributed by atoms with Crippen LogP contribution in [0.1, 0.15) is 25.0 Å². The molecule has 3 rings (SSSR count). The predicted molar refractivity (Wildman–Crippen MR) is 85.8 cm³/mol. The summed E-state index contributed by atoms with van der Waals surface area (Å²) in [5.41, 5.74) is 0.271.